The van der Waals surface area contributed by atoms with Gasteiger partial charge in [0, 0.05) is 30.2 Å². The maximum atomic E-state index is 12.7. The number of thioether (sulfide) groups is 1. The summed E-state index contributed by atoms with van der Waals surface area (Å²) in [6.07, 6.45) is -0.551. The average Bonchev–Trinajstić information content (AvgIpc) is 3.28. The van der Waals surface area contributed by atoms with Crippen LogP contribution in [0, 0.1) is 0 Å². The fourth-order valence-corrected chi connectivity index (χ4v) is 4.02. The van der Waals surface area contributed by atoms with Crippen molar-refractivity contribution in [3.8, 4) is 17.1 Å². The van der Waals surface area contributed by atoms with Crippen molar-refractivity contribution in [3.63, 3.8) is 0 Å². The number of nitrogens with zero attached hydrogens (tertiary/aromatic N) is 4. The molecule has 0 fully saturated rings. The van der Waals surface area contributed by atoms with E-state index < -0.39 is 11.7 Å². The summed E-state index contributed by atoms with van der Waals surface area (Å²) in [7, 11) is 0. The van der Waals surface area contributed by atoms with Crippen LogP contribution in [0.2, 0.25) is 0 Å². The van der Waals surface area contributed by atoms with Gasteiger partial charge in [0.1, 0.15) is 0 Å². The van der Waals surface area contributed by atoms with Crippen molar-refractivity contribution in [1.82, 2.24) is 25.1 Å². The van der Waals surface area contributed by atoms with Gasteiger partial charge in [0.2, 0.25) is 5.91 Å². The summed E-state index contributed by atoms with van der Waals surface area (Å²) in [6.45, 7) is 0.317. The van der Waals surface area contributed by atoms with Crippen molar-refractivity contribution in [3.05, 3.63) is 90.3 Å². The number of rotatable bonds is 8. The molecule has 6 nitrogen and oxygen atoms in total. The minimum Gasteiger partial charge on any atom is -0.355 e. The van der Waals surface area contributed by atoms with Gasteiger partial charge in [-0.05, 0) is 48.4 Å². The van der Waals surface area contributed by atoms with Crippen molar-refractivity contribution in [2.24, 2.45) is 0 Å². The molecule has 10 heteroatoms. The van der Waals surface area contributed by atoms with Crippen LogP contribution in [0.15, 0.2) is 84.3 Å². The van der Waals surface area contributed by atoms with Crippen molar-refractivity contribution >= 4 is 17.7 Å². The molecule has 34 heavy (non-hydrogen) atoms. The van der Waals surface area contributed by atoms with E-state index in [1.165, 1.54) is 23.9 Å². The van der Waals surface area contributed by atoms with Gasteiger partial charge in [0.25, 0.3) is 0 Å². The minimum atomic E-state index is -4.36. The lowest BCUT2D eigenvalue weighted by Gasteiger charge is -2.10. The standard InChI is InChI=1S/C24H20F3N5OS/c25-24(26,27)19-10-8-17(9-11-19)12-14-29-21(33)16-34-23-31-30-22(18-5-4-13-28-15-18)32(23)20-6-2-1-3-7-20/h1-11,13,15H,12,14,16H2,(H,29,33). The Morgan fingerprint density at radius 2 is 1.74 bits per heavy atom. The molecule has 2 heterocycles. The number of aromatic nitrogens is 4. The molecule has 0 radical (unpaired) electrons. The van der Waals surface area contributed by atoms with Crippen LogP contribution >= 0.6 is 11.8 Å². The third kappa shape index (κ3) is 5.82. The molecule has 2 aromatic heterocycles. The lowest BCUT2D eigenvalue weighted by Crippen LogP contribution is -2.27. The van der Waals surface area contributed by atoms with Gasteiger partial charge in [-0.3, -0.25) is 14.3 Å². The molecule has 0 saturated carbocycles. The number of para-hydroxylation sites is 1. The zero-order valence-electron chi connectivity index (χ0n) is 17.9. The fraction of sp³-hybridized carbons (Fsp3) is 0.167. The Hall–Kier alpha value is -3.66. The number of carbonyl (C=O) groups excluding carboxylic acids is 1. The molecule has 174 valence electrons. The van der Waals surface area contributed by atoms with E-state index >= 15 is 0 Å². The van der Waals surface area contributed by atoms with Crippen LogP contribution in [-0.4, -0.2) is 38.0 Å². The van der Waals surface area contributed by atoms with E-state index in [0.29, 0.717) is 29.5 Å². The van der Waals surface area contributed by atoms with Crippen LogP contribution in [0.1, 0.15) is 11.1 Å². The van der Waals surface area contributed by atoms with Gasteiger partial charge in [-0.1, -0.05) is 42.1 Å². The van der Waals surface area contributed by atoms with Gasteiger partial charge in [-0.2, -0.15) is 13.2 Å². The number of amides is 1. The molecule has 0 bridgehead atoms. The predicted molar refractivity (Wildman–Crippen MR) is 123 cm³/mol. The van der Waals surface area contributed by atoms with Crippen molar-refractivity contribution in [2.45, 2.75) is 17.8 Å². The molecule has 4 aromatic rings. The van der Waals surface area contributed by atoms with Crippen LogP contribution < -0.4 is 5.32 Å². The molecular formula is C24H20F3N5OS. The highest BCUT2D eigenvalue weighted by Crippen LogP contribution is 2.29. The van der Waals surface area contributed by atoms with E-state index in [4.69, 9.17) is 0 Å². The van der Waals surface area contributed by atoms with Gasteiger partial charge >= 0.3 is 6.18 Å². The van der Waals surface area contributed by atoms with Gasteiger partial charge in [0.15, 0.2) is 11.0 Å². The smallest absolute Gasteiger partial charge is 0.355 e. The summed E-state index contributed by atoms with van der Waals surface area (Å²) >= 11 is 1.25. The second-order valence-corrected chi connectivity index (χ2v) is 8.24. The second kappa shape index (κ2) is 10.5. The minimum absolute atomic E-state index is 0.116. The van der Waals surface area contributed by atoms with Crippen molar-refractivity contribution in [2.75, 3.05) is 12.3 Å². The molecule has 2 aromatic carbocycles. The Morgan fingerprint density at radius 3 is 2.41 bits per heavy atom. The number of alkyl halides is 3. The molecule has 0 aliphatic carbocycles. The molecule has 0 aliphatic heterocycles. The lowest BCUT2D eigenvalue weighted by atomic mass is 10.1. The Balaban J connectivity index is 1.38. The van der Waals surface area contributed by atoms with Crippen molar-refractivity contribution in [1.29, 1.82) is 0 Å². The number of pyridine rings is 1. The molecule has 0 saturated heterocycles. The first-order valence-corrected chi connectivity index (χ1v) is 11.4. The maximum absolute atomic E-state index is 12.7. The molecule has 1 amide bonds. The fourth-order valence-electron chi connectivity index (χ4n) is 3.24. The first-order valence-electron chi connectivity index (χ1n) is 10.4. The van der Waals surface area contributed by atoms with Crippen LogP contribution in [0.4, 0.5) is 13.2 Å². The highest BCUT2D eigenvalue weighted by molar-refractivity contribution is 7.99. The van der Waals surface area contributed by atoms with Crippen molar-refractivity contribution < 1.29 is 18.0 Å². The highest BCUT2D eigenvalue weighted by Gasteiger charge is 2.29. The number of hydrogen-bond acceptors (Lipinski definition) is 5. The number of benzene rings is 2. The average molecular weight is 484 g/mol. The first kappa shape index (κ1) is 23.5. The number of halogens is 3. The number of hydrogen-bond donors (Lipinski definition) is 1. The third-order valence-corrected chi connectivity index (χ3v) is 5.85. The first-order chi connectivity index (χ1) is 16.4. The largest absolute Gasteiger partial charge is 0.416 e. The summed E-state index contributed by atoms with van der Waals surface area (Å²) in [5.41, 5.74) is 1.68. The third-order valence-electron chi connectivity index (χ3n) is 4.92. The van der Waals surface area contributed by atoms with Gasteiger partial charge in [-0.25, -0.2) is 0 Å². The Labute approximate surface area is 198 Å². The normalized spacial score (nSPS) is 11.4. The Morgan fingerprint density at radius 1 is 0.971 bits per heavy atom. The monoisotopic (exact) mass is 483 g/mol. The van der Waals surface area contributed by atoms with Crippen LogP contribution in [-0.2, 0) is 17.4 Å². The molecule has 0 atom stereocenters. The number of nitrogens with one attached hydrogen (secondary N) is 1. The van der Waals surface area contributed by atoms with Gasteiger partial charge in [0.05, 0.1) is 11.3 Å². The maximum Gasteiger partial charge on any atom is 0.416 e. The summed E-state index contributed by atoms with van der Waals surface area (Å²) < 4.78 is 39.9. The quantitative estimate of drug-likeness (QED) is 0.365. The predicted octanol–water partition coefficient (Wildman–Crippen LogP) is 4.80. The second-order valence-electron chi connectivity index (χ2n) is 7.30. The van der Waals surface area contributed by atoms with Crippen LogP contribution in [0.25, 0.3) is 17.1 Å². The van der Waals surface area contributed by atoms with E-state index in [1.807, 2.05) is 47.0 Å². The highest BCUT2D eigenvalue weighted by atomic mass is 32.2. The molecule has 4 rings (SSSR count). The van der Waals surface area contributed by atoms with Crippen LogP contribution in [0.5, 0.6) is 0 Å². The molecule has 0 aliphatic rings. The van der Waals surface area contributed by atoms with E-state index in [1.54, 1.807) is 12.4 Å². The zero-order chi connectivity index (χ0) is 24.0. The van der Waals surface area contributed by atoms with Gasteiger partial charge in [-0.15, -0.1) is 10.2 Å². The molecule has 0 spiro atoms. The SMILES string of the molecule is O=C(CSc1nnc(-c2cccnc2)n1-c1ccccc1)NCCc1ccc(C(F)(F)F)cc1. The summed E-state index contributed by atoms with van der Waals surface area (Å²) in [5.74, 6) is 0.525. The summed E-state index contributed by atoms with van der Waals surface area (Å²) in [6, 6.07) is 18.2. The van der Waals surface area contributed by atoms with E-state index in [0.717, 1.165) is 23.4 Å². The molecule has 0 unspecified atom stereocenters. The summed E-state index contributed by atoms with van der Waals surface area (Å²) in [5, 5.41) is 11.9. The van der Waals surface area contributed by atoms with Gasteiger partial charge < -0.3 is 5.32 Å². The van der Waals surface area contributed by atoms with Crippen LogP contribution in [0.3, 0.4) is 0 Å². The molecule has 1 N–H and O–H groups in total. The summed E-state index contributed by atoms with van der Waals surface area (Å²) in [4.78, 5) is 16.5. The van der Waals surface area contributed by atoms with E-state index in [2.05, 4.69) is 20.5 Å². The Bertz CT molecular complexity index is 1230. The topological polar surface area (TPSA) is 72.7 Å². The Kier molecular flexibility index (Phi) is 7.27. The van der Waals surface area contributed by atoms with E-state index in [-0.39, 0.29) is 11.7 Å². The van der Waals surface area contributed by atoms with E-state index in [9.17, 15) is 18.0 Å². The zero-order valence-corrected chi connectivity index (χ0v) is 18.7. The lowest BCUT2D eigenvalue weighted by molar-refractivity contribution is -0.137. The molecular weight excluding hydrogens is 463 g/mol. The number of carbonyl (C=O) groups is 1.